The van der Waals surface area contributed by atoms with Crippen LogP contribution in [0.2, 0.25) is 0 Å². The maximum Gasteiger partial charge on any atom is 0.112 e. The van der Waals surface area contributed by atoms with Crippen LogP contribution in [0.3, 0.4) is 0 Å². The third-order valence-electron chi connectivity index (χ3n) is 3.30. The van der Waals surface area contributed by atoms with E-state index in [4.69, 9.17) is 0 Å². The molecule has 0 aliphatic heterocycles. The molecule has 1 aliphatic carbocycles. The fourth-order valence-corrected chi connectivity index (χ4v) is 2.33. The molecule has 0 saturated heterocycles. The Hall–Kier alpha value is -0.830. The predicted molar refractivity (Wildman–Crippen MR) is 57.3 cm³/mol. The quantitative estimate of drug-likeness (QED) is 0.787. The Bertz CT molecular complexity index is 292. The van der Waals surface area contributed by atoms with Gasteiger partial charge in [-0.3, -0.25) is 0 Å². The van der Waals surface area contributed by atoms with Crippen LogP contribution in [-0.4, -0.2) is 23.1 Å². The molecule has 0 aromatic carbocycles. The first-order valence-corrected chi connectivity index (χ1v) is 5.52. The Balaban J connectivity index is 2.07. The van der Waals surface area contributed by atoms with Crippen LogP contribution in [0.4, 0.5) is 0 Å². The average Bonchev–Trinajstić information content (AvgIpc) is 2.60. The Morgan fingerprint density at radius 3 is 3.00 bits per heavy atom. The minimum Gasteiger partial charge on any atom is -0.335 e. The molecule has 1 heterocycles. The maximum atomic E-state index is 4.48. The summed E-state index contributed by atoms with van der Waals surface area (Å²) in [6.07, 6.45) is 6.67. The van der Waals surface area contributed by atoms with E-state index in [1.165, 1.54) is 18.7 Å². The molecule has 0 amide bonds. The fourth-order valence-electron chi connectivity index (χ4n) is 2.33. The lowest BCUT2D eigenvalue weighted by molar-refractivity contribution is 0.235. The number of aryl methyl sites for hydroxylation is 1. The van der Waals surface area contributed by atoms with Crippen molar-refractivity contribution in [2.24, 2.45) is 5.92 Å². The molecule has 2 atom stereocenters. The molecule has 1 aromatic rings. The second-order valence-corrected chi connectivity index (χ2v) is 4.07. The van der Waals surface area contributed by atoms with Crippen LogP contribution in [0.15, 0.2) is 12.4 Å². The molecule has 0 radical (unpaired) electrons. The summed E-state index contributed by atoms with van der Waals surface area (Å²) in [5, 5.41) is 3.26. The van der Waals surface area contributed by atoms with E-state index in [-0.39, 0.29) is 0 Å². The van der Waals surface area contributed by atoms with E-state index in [0.717, 1.165) is 19.0 Å². The first kappa shape index (κ1) is 9.71. The number of hydrogen-bond donors (Lipinski definition) is 1. The fraction of sp³-hybridized carbons (Fsp3) is 0.727. The molecule has 1 saturated carbocycles. The summed E-state index contributed by atoms with van der Waals surface area (Å²) < 4.78 is 2.27. The van der Waals surface area contributed by atoms with Crippen LogP contribution in [-0.2, 0) is 6.54 Å². The van der Waals surface area contributed by atoms with Gasteiger partial charge in [-0.1, -0.05) is 0 Å². The third-order valence-corrected chi connectivity index (χ3v) is 3.30. The molecule has 1 aromatic heterocycles. The van der Waals surface area contributed by atoms with Crippen molar-refractivity contribution in [2.75, 3.05) is 13.6 Å². The summed E-state index contributed by atoms with van der Waals surface area (Å²) in [6, 6.07) is 0. The Morgan fingerprint density at radius 1 is 1.57 bits per heavy atom. The topological polar surface area (TPSA) is 29.9 Å². The number of aromatic nitrogens is 2. The minimum absolute atomic E-state index is 0.692. The Kier molecular flexibility index (Phi) is 2.87. The monoisotopic (exact) mass is 193 g/mol. The molecule has 78 valence electrons. The molecule has 1 aliphatic rings. The van der Waals surface area contributed by atoms with Crippen molar-refractivity contribution in [1.82, 2.24) is 14.9 Å². The van der Waals surface area contributed by atoms with E-state index in [0.29, 0.717) is 5.92 Å². The zero-order valence-electron chi connectivity index (χ0n) is 9.03. The van der Waals surface area contributed by atoms with Crippen molar-refractivity contribution in [3.63, 3.8) is 0 Å². The molecule has 3 heteroatoms. The highest BCUT2D eigenvalue weighted by molar-refractivity contribution is 5.07. The standard InChI is InChI=1S/C11H19N3/c1-3-14-7-6-13-11(14)10-5-4-9(10)8-12-2/h6-7,9-10,12H,3-5,8H2,1-2H3. The van der Waals surface area contributed by atoms with Gasteiger partial charge in [-0.05, 0) is 39.3 Å². The lowest BCUT2D eigenvalue weighted by Gasteiger charge is -2.36. The van der Waals surface area contributed by atoms with Crippen molar-refractivity contribution in [1.29, 1.82) is 0 Å². The van der Waals surface area contributed by atoms with Gasteiger partial charge in [0.2, 0.25) is 0 Å². The molecule has 2 rings (SSSR count). The molecule has 1 fully saturated rings. The summed E-state index contributed by atoms with van der Waals surface area (Å²) in [5.41, 5.74) is 0. The third kappa shape index (κ3) is 1.57. The highest BCUT2D eigenvalue weighted by Gasteiger charge is 2.33. The van der Waals surface area contributed by atoms with Gasteiger partial charge >= 0.3 is 0 Å². The van der Waals surface area contributed by atoms with Crippen LogP contribution in [0.1, 0.15) is 31.5 Å². The molecule has 0 bridgehead atoms. The largest absolute Gasteiger partial charge is 0.335 e. The van der Waals surface area contributed by atoms with Gasteiger partial charge in [-0.15, -0.1) is 0 Å². The molecule has 0 spiro atoms. The van der Waals surface area contributed by atoms with Gasteiger partial charge in [0.25, 0.3) is 0 Å². The van der Waals surface area contributed by atoms with Crippen molar-refractivity contribution >= 4 is 0 Å². The molecule has 1 N–H and O–H groups in total. The van der Waals surface area contributed by atoms with Crippen LogP contribution in [0.5, 0.6) is 0 Å². The van der Waals surface area contributed by atoms with Gasteiger partial charge in [-0.25, -0.2) is 4.98 Å². The van der Waals surface area contributed by atoms with Gasteiger partial charge < -0.3 is 9.88 Å². The van der Waals surface area contributed by atoms with Crippen molar-refractivity contribution < 1.29 is 0 Å². The number of hydrogen-bond acceptors (Lipinski definition) is 2. The van der Waals surface area contributed by atoms with Gasteiger partial charge in [0.1, 0.15) is 5.82 Å². The van der Waals surface area contributed by atoms with Crippen LogP contribution < -0.4 is 5.32 Å². The lowest BCUT2D eigenvalue weighted by atomic mass is 9.73. The summed E-state index contributed by atoms with van der Waals surface area (Å²) in [7, 11) is 2.03. The van der Waals surface area contributed by atoms with Crippen LogP contribution in [0.25, 0.3) is 0 Å². The van der Waals surface area contributed by atoms with Gasteiger partial charge in [-0.2, -0.15) is 0 Å². The zero-order valence-corrected chi connectivity index (χ0v) is 9.03. The van der Waals surface area contributed by atoms with Gasteiger partial charge in [0.15, 0.2) is 0 Å². The smallest absolute Gasteiger partial charge is 0.112 e. The first-order chi connectivity index (χ1) is 6.86. The average molecular weight is 193 g/mol. The van der Waals surface area contributed by atoms with Gasteiger partial charge in [0.05, 0.1) is 0 Å². The van der Waals surface area contributed by atoms with Crippen molar-refractivity contribution in [3.8, 4) is 0 Å². The van der Waals surface area contributed by atoms with E-state index >= 15 is 0 Å². The highest BCUT2D eigenvalue weighted by Crippen LogP contribution is 2.41. The van der Waals surface area contributed by atoms with E-state index in [9.17, 15) is 0 Å². The van der Waals surface area contributed by atoms with E-state index < -0.39 is 0 Å². The summed E-state index contributed by atoms with van der Waals surface area (Å²) in [4.78, 5) is 4.48. The second-order valence-electron chi connectivity index (χ2n) is 4.07. The number of nitrogens with one attached hydrogen (secondary N) is 1. The summed E-state index contributed by atoms with van der Waals surface area (Å²) in [6.45, 7) is 4.34. The van der Waals surface area contributed by atoms with Gasteiger partial charge in [0, 0.05) is 24.9 Å². The molecular formula is C11H19N3. The van der Waals surface area contributed by atoms with E-state index in [1.54, 1.807) is 0 Å². The summed E-state index contributed by atoms with van der Waals surface area (Å²) in [5.74, 6) is 2.78. The zero-order chi connectivity index (χ0) is 9.97. The normalized spacial score (nSPS) is 26.1. The summed E-state index contributed by atoms with van der Waals surface area (Å²) >= 11 is 0. The van der Waals surface area contributed by atoms with E-state index in [1.807, 2.05) is 13.2 Å². The predicted octanol–water partition coefficient (Wildman–Crippen LogP) is 1.62. The number of imidazole rings is 1. The molecule has 14 heavy (non-hydrogen) atoms. The first-order valence-electron chi connectivity index (χ1n) is 5.52. The second kappa shape index (κ2) is 4.13. The lowest BCUT2D eigenvalue weighted by Crippen LogP contribution is -2.33. The maximum absolute atomic E-state index is 4.48. The van der Waals surface area contributed by atoms with Crippen LogP contribution in [0, 0.1) is 5.92 Å². The number of rotatable bonds is 4. The van der Waals surface area contributed by atoms with E-state index in [2.05, 4.69) is 28.0 Å². The molecule has 3 nitrogen and oxygen atoms in total. The SMILES string of the molecule is CCn1ccnc1C1CCC1CNC. The molecule has 2 unspecified atom stereocenters. The highest BCUT2D eigenvalue weighted by atomic mass is 15.1. The van der Waals surface area contributed by atoms with Crippen molar-refractivity contribution in [3.05, 3.63) is 18.2 Å². The number of nitrogens with zero attached hydrogens (tertiary/aromatic N) is 2. The molecular weight excluding hydrogens is 174 g/mol. The van der Waals surface area contributed by atoms with Crippen molar-refractivity contribution in [2.45, 2.75) is 32.2 Å². The van der Waals surface area contributed by atoms with Crippen LogP contribution >= 0.6 is 0 Å². The Morgan fingerprint density at radius 2 is 2.43 bits per heavy atom. The Labute approximate surface area is 85.5 Å². The minimum atomic E-state index is 0.692.